The minimum absolute atomic E-state index is 0.132. The van der Waals surface area contributed by atoms with Gasteiger partial charge in [-0.1, -0.05) is 47.7 Å². The van der Waals surface area contributed by atoms with Crippen molar-refractivity contribution >= 4 is 34.0 Å². The normalized spacial score (nSPS) is 10.3. The van der Waals surface area contributed by atoms with E-state index in [1.807, 2.05) is 49.4 Å². The summed E-state index contributed by atoms with van der Waals surface area (Å²) in [6.07, 6.45) is 0. The lowest BCUT2D eigenvalue weighted by atomic mass is 10.2. The van der Waals surface area contributed by atoms with Crippen molar-refractivity contribution in [3.63, 3.8) is 0 Å². The molecule has 0 aliphatic carbocycles. The van der Waals surface area contributed by atoms with E-state index in [0.717, 1.165) is 22.6 Å². The third kappa shape index (κ3) is 4.92. The summed E-state index contributed by atoms with van der Waals surface area (Å²) in [5.74, 6) is 0.0278. The topological polar surface area (TPSA) is 80.3 Å². The zero-order chi connectivity index (χ0) is 19.2. The molecule has 0 radical (unpaired) electrons. The Kier molecular flexibility index (Phi) is 5.83. The molecule has 0 spiro atoms. The second-order valence-electron chi connectivity index (χ2n) is 5.85. The van der Waals surface area contributed by atoms with Crippen molar-refractivity contribution in [3.8, 4) is 5.75 Å². The fourth-order valence-corrected chi connectivity index (χ4v) is 3.25. The highest BCUT2D eigenvalue weighted by Crippen LogP contribution is 2.24. The van der Waals surface area contributed by atoms with E-state index in [9.17, 15) is 9.59 Å². The molecule has 7 heteroatoms. The molecule has 3 aromatic rings. The minimum Gasteiger partial charge on any atom is -0.484 e. The molecular weight excluding hydrogens is 362 g/mol. The van der Waals surface area contributed by atoms with Crippen molar-refractivity contribution in [3.05, 3.63) is 70.7 Å². The smallest absolute Gasteiger partial charge is 0.267 e. The molecule has 0 atom stereocenters. The molecule has 1 heterocycles. The average Bonchev–Trinajstić information content (AvgIpc) is 3.03. The number of thiazole rings is 1. The number of ether oxygens (including phenoxy) is 1. The Bertz CT molecular complexity index is 954. The molecule has 6 nitrogen and oxygen atoms in total. The molecule has 27 heavy (non-hydrogen) atoms. The molecule has 0 saturated carbocycles. The number of aryl methyl sites for hydroxylation is 2. The second kappa shape index (κ2) is 8.46. The number of carbonyl (C=O) groups is 2. The molecule has 0 fully saturated rings. The summed E-state index contributed by atoms with van der Waals surface area (Å²) in [7, 11) is 0. The molecule has 3 rings (SSSR count). The molecule has 1 aromatic heterocycles. The lowest BCUT2D eigenvalue weighted by molar-refractivity contribution is -0.118. The number of rotatable bonds is 6. The number of amides is 2. The highest BCUT2D eigenvalue weighted by molar-refractivity contribution is 7.17. The Hall–Kier alpha value is -3.19. The number of carbonyl (C=O) groups excluding carboxylic acids is 2. The van der Waals surface area contributed by atoms with E-state index in [2.05, 4.69) is 15.6 Å². The standard InChI is InChI=1S/C20H19N3O3S/c1-13-8-6-7-11-16(13)22-19(25)18-14(2)21-20(27-18)23-17(24)12-26-15-9-4-3-5-10-15/h3-11H,12H2,1-2H3,(H,22,25)(H,21,23,24). The van der Waals surface area contributed by atoms with Crippen LogP contribution in [0.3, 0.4) is 0 Å². The fourth-order valence-electron chi connectivity index (χ4n) is 2.37. The van der Waals surface area contributed by atoms with E-state index < -0.39 is 0 Å². The lowest BCUT2D eigenvalue weighted by Gasteiger charge is -2.06. The summed E-state index contributed by atoms with van der Waals surface area (Å²) in [6.45, 7) is 3.53. The fraction of sp³-hybridized carbons (Fsp3) is 0.150. The van der Waals surface area contributed by atoms with Crippen LogP contribution in [0.5, 0.6) is 5.75 Å². The van der Waals surface area contributed by atoms with Crippen molar-refractivity contribution in [2.24, 2.45) is 0 Å². The third-order valence-electron chi connectivity index (χ3n) is 3.76. The van der Waals surface area contributed by atoms with Crippen LogP contribution in [0, 0.1) is 13.8 Å². The van der Waals surface area contributed by atoms with Crippen LogP contribution < -0.4 is 15.4 Å². The van der Waals surface area contributed by atoms with Gasteiger partial charge in [-0.15, -0.1) is 0 Å². The molecule has 2 N–H and O–H groups in total. The molecule has 2 amide bonds. The van der Waals surface area contributed by atoms with Crippen molar-refractivity contribution in [2.45, 2.75) is 13.8 Å². The Balaban J connectivity index is 1.61. The van der Waals surface area contributed by atoms with Crippen LogP contribution in [0.25, 0.3) is 0 Å². The molecule has 0 unspecified atom stereocenters. The SMILES string of the molecule is Cc1ccccc1NC(=O)c1sc(NC(=O)COc2ccccc2)nc1C. The quantitative estimate of drug-likeness (QED) is 0.676. The predicted molar refractivity (Wildman–Crippen MR) is 107 cm³/mol. The molecule has 0 aliphatic rings. The van der Waals surface area contributed by atoms with Crippen LogP contribution in [0.1, 0.15) is 20.9 Å². The number of benzene rings is 2. The highest BCUT2D eigenvalue weighted by atomic mass is 32.1. The predicted octanol–water partition coefficient (Wildman–Crippen LogP) is 4.03. The van der Waals surface area contributed by atoms with Gasteiger partial charge in [0.25, 0.3) is 11.8 Å². The molecule has 2 aromatic carbocycles. The van der Waals surface area contributed by atoms with Gasteiger partial charge in [-0.05, 0) is 37.6 Å². The molecule has 138 valence electrons. The number of aromatic nitrogens is 1. The van der Waals surface area contributed by atoms with Crippen LogP contribution in [0.15, 0.2) is 54.6 Å². The van der Waals surface area contributed by atoms with Crippen LogP contribution in [0.4, 0.5) is 10.8 Å². The Morgan fingerprint density at radius 1 is 1.00 bits per heavy atom. The van der Waals surface area contributed by atoms with Gasteiger partial charge in [0.2, 0.25) is 0 Å². The molecule has 0 bridgehead atoms. The summed E-state index contributed by atoms with van der Waals surface area (Å²) >= 11 is 1.13. The van der Waals surface area contributed by atoms with Crippen LogP contribution in [-0.2, 0) is 4.79 Å². The van der Waals surface area contributed by atoms with Crippen molar-refractivity contribution in [2.75, 3.05) is 17.2 Å². The first kappa shape index (κ1) is 18.6. The van der Waals surface area contributed by atoms with Gasteiger partial charge in [0.1, 0.15) is 10.6 Å². The van der Waals surface area contributed by atoms with Crippen molar-refractivity contribution in [1.29, 1.82) is 0 Å². The number of para-hydroxylation sites is 2. The third-order valence-corrected chi connectivity index (χ3v) is 4.83. The molecule has 0 saturated heterocycles. The number of anilines is 2. The average molecular weight is 381 g/mol. The van der Waals surface area contributed by atoms with E-state index in [1.54, 1.807) is 19.1 Å². The Labute approximate surface area is 161 Å². The number of nitrogens with zero attached hydrogens (tertiary/aromatic N) is 1. The highest BCUT2D eigenvalue weighted by Gasteiger charge is 2.17. The monoisotopic (exact) mass is 381 g/mol. The molecule has 0 aliphatic heterocycles. The lowest BCUT2D eigenvalue weighted by Crippen LogP contribution is -2.20. The number of nitrogens with one attached hydrogen (secondary N) is 2. The largest absolute Gasteiger partial charge is 0.484 e. The second-order valence-corrected chi connectivity index (χ2v) is 6.85. The van der Waals surface area contributed by atoms with E-state index >= 15 is 0 Å². The first-order valence-electron chi connectivity index (χ1n) is 8.35. The van der Waals surface area contributed by atoms with Gasteiger partial charge in [0, 0.05) is 5.69 Å². The maximum Gasteiger partial charge on any atom is 0.267 e. The van der Waals surface area contributed by atoms with Gasteiger partial charge in [0.15, 0.2) is 11.7 Å². The van der Waals surface area contributed by atoms with E-state index in [1.165, 1.54) is 0 Å². The zero-order valence-corrected chi connectivity index (χ0v) is 15.8. The van der Waals surface area contributed by atoms with E-state index in [-0.39, 0.29) is 18.4 Å². The van der Waals surface area contributed by atoms with Crippen LogP contribution in [0.2, 0.25) is 0 Å². The van der Waals surface area contributed by atoms with E-state index in [4.69, 9.17) is 4.74 Å². The molecular formula is C20H19N3O3S. The summed E-state index contributed by atoms with van der Waals surface area (Å²) < 4.78 is 5.40. The number of hydrogen-bond acceptors (Lipinski definition) is 5. The van der Waals surface area contributed by atoms with Crippen LogP contribution >= 0.6 is 11.3 Å². The van der Waals surface area contributed by atoms with Gasteiger partial charge in [-0.3, -0.25) is 14.9 Å². The van der Waals surface area contributed by atoms with Gasteiger partial charge in [0.05, 0.1) is 5.69 Å². The van der Waals surface area contributed by atoms with Crippen molar-refractivity contribution < 1.29 is 14.3 Å². The van der Waals surface area contributed by atoms with E-state index in [0.29, 0.717) is 21.5 Å². The summed E-state index contributed by atoms with van der Waals surface area (Å²) in [6, 6.07) is 16.6. The van der Waals surface area contributed by atoms with Crippen molar-refractivity contribution in [1.82, 2.24) is 4.98 Å². The van der Waals surface area contributed by atoms with Gasteiger partial charge in [-0.25, -0.2) is 4.98 Å². The first-order chi connectivity index (χ1) is 13.0. The summed E-state index contributed by atoms with van der Waals surface area (Å²) in [5, 5.41) is 5.91. The summed E-state index contributed by atoms with van der Waals surface area (Å²) in [4.78, 5) is 29.3. The maximum atomic E-state index is 12.5. The minimum atomic E-state index is -0.335. The van der Waals surface area contributed by atoms with Crippen LogP contribution in [-0.4, -0.2) is 23.4 Å². The summed E-state index contributed by atoms with van der Waals surface area (Å²) in [5.41, 5.74) is 2.28. The van der Waals surface area contributed by atoms with Gasteiger partial charge >= 0.3 is 0 Å². The Morgan fingerprint density at radius 2 is 1.70 bits per heavy atom. The first-order valence-corrected chi connectivity index (χ1v) is 9.16. The number of hydrogen-bond donors (Lipinski definition) is 2. The van der Waals surface area contributed by atoms with Gasteiger partial charge < -0.3 is 10.1 Å². The Morgan fingerprint density at radius 3 is 2.44 bits per heavy atom. The maximum absolute atomic E-state index is 12.5. The van der Waals surface area contributed by atoms with Gasteiger partial charge in [-0.2, -0.15) is 0 Å². The zero-order valence-electron chi connectivity index (χ0n) is 15.0.